The minimum absolute atomic E-state index is 0.0304. The number of rotatable bonds is 9. The van der Waals surface area contributed by atoms with E-state index in [4.69, 9.17) is 14.2 Å². The van der Waals surface area contributed by atoms with Crippen molar-refractivity contribution in [3.8, 4) is 74.4 Å². The smallest absolute Gasteiger partial charge is 0.229 e. The minimum Gasteiger partial charge on any atom is -0.508 e. The zero-order valence-electron chi connectivity index (χ0n) is 27.8. The van der Waals surface area contributed by atoms with E-state index in [0.29, 0.717) is 0 Å². The Kier molecular flexibility index (Phi) is 10.2. The van der Waals surface area contributed by atoms with Crippen molar-refractivity contribution in [3.05, 3.63) is 64.7 Å². The number of carbonyl (C=O) groups excluding carboxylic acids is 1. The Hall–Kier alpha value is -5.89. The molecule has 0 aromatic heterocycles. The van der Waals surface area contributed by atoms with Gasteiger partial charge < -0.3 is 85.7 Å². The first kappa shape index (κ1) is 37.9. The predicted octanol–water partition coefficient (Wildman–Crippen LogP) is 0.735. The van der Waals surface area contributed by atoms with Gasteiger partial charge in [-0.05, 0) is 35.7 Å². The van der Waals surface area contributed by atoms with Gasteiger partial charge in [-0.2, -0.15) is 0 Å². The minimum atomic E-state index is -1.81. The molecule has 2 aliphatic heterocycles. The lowest BCUT2D eigenvalue weighted by Gasteiger charge is -2.39. The lowest BCUT2D eigenvalue weighted by Crippen LogP contribution is -2.60. The molecule has 0 unspecified atom stereocenters. The zero-order chi connectivity index (χ0) is 39.3. The second-order valence-electron chi connectivity index (χ2n) is 12.9. The number of phenols is 9. The first-order valence-electron chi connectivity index (χ1n) is 16.3. The van der Waals surface area contributed by atoms with Gasteiger partial charge in [0.15, 0.2) is 34.9 Å². The van der Waals surface area contributed by atoms with Crippen molar-refractivity contribution in [1.82, 2.24) is 0 Å². The number of aromatic hydroxyl groups is 9. The average molecular weight is 757 g/mol. The SMILES string of the molecule is O=C(CCc1cc(O)c(O)cc1-c1c([C@H]2Oc3cc(O)cc(O)c3C[C@H]2O)cc(O)c(O)c1O)c1c(O)cc(O[C@@H]2O[C@H](CO)[C@@H](O)[C@H](O)[C@H]2O)cc1O. The van der Waals surface area contributed by atoms with Crippen LogP contribution in [0.3, 0.4) is 0 Å². The first-order valence-corrected chi connectivity index (χ1v) is 16.3. The molecule has 6 rings (SSSR count). The van der Waals surface area contributed by atoms with Crippen LogP contribution in [0.5, 0.6) is 63.2 Å². The molecule has 18 heteroatoms. The molecule has 54 heavy (non-hydrogen) atoms. The van der Waals surface area contributed by atoms with Gasteiger partial charge in [-0.25, -0.2) is 0 Å². The van der Waals surface area contributed by atoms with Crippen molar-refractivity contribution in [3.63, 3.8) is 0 Å². The van der Waals surface area contributed by atoms with Crippen LogP contribution in [0.15, 0.2) is 42.5 Å². The van der Waals surface area contributed by atoms with Crippen molar-refractivity contribution in [2.75, 3.05) is 6.61 Å². The van der Waals surface area contributed by atoms with E-state index in [-0.39, 0.29) is 63.7 Å². The maximum atomic E-state index is 13.4. The second-order valence-corrected chi connectivity index (χ2v) is 12.9. The summed E-state index contributed by atoms with van der Waals surface area (Å²) in [4.78, 5) is 13.4. The van der Waals surface area contributed by atoms with Crippen molar-refractivity contribution < 1.29 is 90.5 Å². The van der Waals surface area contributed by atoms with Crippen molar-refractivity contribution in [1.29, 1.82) is 0 Å². The number of aliphatic hydroxyl groups excluding tert-OH is 5. The van der Waals surface area contributed by atoms with E-state index < -0.39 is 108 Å². The normalized spacial score (nSPS) is 23.7. The van der Waals surface area contributed by atoms with Gasteiger partial charge in [-0.3, -0.25) is 4.79 Å². The molecule has 7 atom stereocenters. The zero-order valence-corrected chi connectivity index (χ0v) is 27.8. The number of benzene rings is 4. The Morgan fingerprint density at radius 3 is 2.06 bits per heavy atom. The molecule has 0 bridgehead atoms. The van der Waals surface area contributed by atoms with Gasteiger partial charge in [-0.1, -0.05) is 0 Å². The molecule has 2 aliphatic rings. The lowest BCUT2D eigenvalue weighted by molar-refractivity contribution is -0.277. The Bertz CT molecular complexity index is 2070. The van der Waals surface area contributed by atoms with Crippen molar-refractivity contribution >= 4 is 5.78 Å². The van der Waals surface area contributed by atoms with Crippen LogP contribution in [0.25, 0.3) is 11.1 Å². The highest BCUT2D eigenvalue weighted by molar-refractivity contribution is 6.01. The summed E-state index contributed by atoms with van der Waals surface area (Å²) in [6.07, 6.45) is -12.2. The summed E-state index contributed by atoms with van der Waals surface area (Å²) >= 11 is 0. The molecule has 1 saturated heterocycles. The maximum absolute atomic E-state index is 13.4. The molecule has 288 valence electrons. The topological polar surface area (TPSA) is 328 Å². The van der Waals surface area contributed by atoms with Crippen LogP contribution in [0.1, 0.15) is 39.6 Å². The van der Waals surface area contributed by atoms with Crippen LogP contribution in [0.2, 0.25) is 0 Å². The van der Waals surface area contributed by atoms with Crippen LogP contribution in [0, 0.1) is 0 Å². The van der Waals surface area contributed by atoms with Crippen LogP contribution in [-0.2, 0) is 17.6 Å². The second kappa shape index (κ2) is 14.5. The number of Topliss-reactive ketones (excluding diaryl/α,β-unsaturated/α-hetero) is 1. The molecule has 0 radical (unpaired) electrons. The van der Waals surface area contributed by atoms with Gasteiger partial charge in [0, 0.05) is 53.8 Å². The van der Waals surface area contributed by atoms with Gasteiger partial charge in [0.25, 0.3) is 0 Å². The molecule has 0 amide bonds. The number of ketones is 1. The average Bonchev–Trinajstić information content (AvgIpc) is 3.11. The molecule has 18 nitrogen and oxygen atoms in total. The number of fused-ring (bicyclic) bond motifs is 1. The Morgan fingerprint density at radius 1 is 0.722 bits per heavy atom. The summed E-state index contributed by atoms with van der Waals surface area (Å²) in [7, 11) is 0. The van der Waals surface area contributed by atoms with Crippen molar-refractivity contribution in [2.45, 2.75) is 62.2 Å². The molecular weight excluding hydrogens is 720 g/mol. The summed E-state index contributed by atoms with van der Waals surface area (Å²) in [5, 5.41) is 146. The van der Waals surface area contributed by atoms with Crippen LogP contribution >= 0.6 is 0 Å². The quantitative estimate of drug-likeness (QED) is 0.0827. The Labute approximate surface area is 304 Å². The fraction of sp³-hybridized carbons (Fsp3) is 0.306. The monoisotopic (exact) mass is 756 g/mol. The summed E-state index contributed by atoms with van der Waals surface area (Å²) < 4.78 is 16.6. The fourth-order valence-corrected chi connectivity index (χ4v) is 6.57. The van der Waals surface area contributed by atoms with Crippen LogP contribution < -0.4 is 9.47 Å². The molecule has 4 aromatic carbocycles. The van der Waals surface area contributed by atoms with Gasteiger partial charge in [0.2, 0.25) is 12.0 Å². The van der Waals surface area contributed by atoms with Gasteiger partial charge in [-0.15, -0.1) is 0 Å². The molecule has 14 N–H and O–H groups in total. The number of carbonyl (C=O) groups is 1. The van der Waals surface area contributed by atoms with E-state index in [1.165, 1.54) is 0 Å². The molecule has 0 spiro atoms. The molecule has 4 aromatic rings. The molecular formula is C36H36O18. The highest BCUT2D eigenvalue weighted by atomic mass is 16.7. The Morgan fingerprint density at radius 2 is 1.39 bits per heavy atom. The summed E-state index contributed by atoms with van der Waals surface area (Å²) in [5.74, 6) is -7.78. The van der Waals surface area contributed by atoms with Gasteiger partial charge in [0.1, 0.15) is 64.5 Å². The molecule has 0 aliphatic carbocycles. The molecule has 0 saturated carbocycles. The standard InChI is InChI=1S/C36H36O18/c37-11-27-31(48)33(50)34(51)36(54-27)52-14-6-22(43)29(23(44)7-14)18(39)2-1-12-3-20(41)21(42)8-15(12)28-17(10-24(45)30(47)32(28)49)35-25(46)9-16-19(40)4-13(38)5-26(16)53-35/h3-8,10,25,27,31,33-38,40-51H,1-2,9,11H2/t25-,27-,31-,33+,34-,35-,36-/m1/s1. The number of aliphatic hydroxyl groups is 5. The van der Waals surface area contributed by atoms with E-state index in [2.05, 4.69) is 0 Å². The lowest BCUT2D eigenvalue weighted by atomic mass is 9.85. The third kappa shape index (κ3) is 6.84. The number of hydrogen-bond acceptors (Lipinski definition) is 18. The van der Waals surface area contributed by atoms with Crippen LogP contribution in [0.4, 0.5) is 0 Å². The maximum Gasteiger partial charge on any atom is 0.229 e. The number of ether oxygens (including phenoxy) is 3. The molecule has 2 heterocycles. The summed E-state index contributed by atoms with van der Waals surface area (Å²) in [5.41, 5.74) is -1.02. The molecule has 1 fully saturated rings. The summed E-state index contributed by atoms with van der Waals surface area (Å²) in [6.45, 7) is -0.744. The van der Waals surface area contributed by atoms with E-state index in [1.54, 1.807) is 0 Å². The number of phenolic OH excluding ortho intramolecular Hbond substituents is 9. The van der Waals surface area contributed by atoms with Gasteiger partial charge in [0.05, 0.1) is 12.7 Å². The third-order valence-corrected chi connectivity index (χ3v) is 9.32. The largest absolute Gasteiger partial charge is 0.508 e. The predicted molar refractivity (Wildman–Crippen MR) is 180 cm³/mol. The highest BCUT2D eigenvalue weighted by Crippen LogP contribution is 2.52. The van der Waals surface area contributed by atoms with Crippen LogP contribution in [-0.4, -0.2) is 121 Å². The van der Waals surface area contributed by atoms with E-state index in [9.17, 15) is 76.3 Å². The summed E-state index contributed by atoms with van der Waals surface area (Å²) in [6, 6.07) is 6.96. The van der Waals surface area contributed by atoms with E-state index in [1.807, 2.05) is 0 Å². The van der Waals surface area contributed by atoms with Crippen molar-refractivity contribution in [2.24, 2.45) is 0 Å². The first-order chi connectivity index (χ1) is 25.5. The van der Waals surface area contributed by atoms with E-state index in [0.717, 1.165) is 42.5 Å². The number of aryl methyl sites for hydroxylation is 1. The Balaban J connectivity index is 1.31. The third-order valence-electron chi connectivity index (χ3n) is 9.32. The fourth-order valence-electron chi connectivity index (χ4n) is 6.57. The van der Waals surface area contributed by atoms with Gasteiger partial charge >= 0.3 is 0 Å². The van der Waals surface area contributed by atoms with E-state index >= 15 is 0 Å². The number of hydrogen-bond donors (Lipinski definition) is 14. The highest BCUT2D eigenvalue weighted by Gasteiger charge is 2.45.